The van der Waals surface area contributed by atoms with Crippen LogP contribution in [0.4, 0.5) is 4.39 Å². The van der Waals surface area contributed by atoms with E-state index in [1.165, 1.54) is 17.9 Å². The number of nitrogens with zero attached hydrogens (tertiary/aromatic N) is 2. The van der Waals surface area contributed by atoms with Crippen LogP contribution in [0.25, 0.3) is 5.69 Å². The average Bonchev–Trinajstić information content (AvgIpc) is 3.02. The van der Waals surface area contributed by atoms with Crippen LogP contribution in [0.5, 0.6) is 5.75 Å². The van der Waals surface area contributed by atoms with Crippen LogP contribution in [-0.4, -0.2) is 35.2 Å². The van der Waals surface area contributed by atoms with Gasteiger partial charge in [-0.3, -0.25) is 0 Å². The van der Waals surface area contributed by atoms with Crippen molar-refractivity contribution in [3.8, 4) is 11.4 Å². The molecular formula is C16H20BFN2O3. The van der Waals surface area contributed by atoms with Gasteiger partial charge in [0.05, 0.1) is 18.3 Å². The molecule has 0 atom stereocenters. The maximum atomic E-state index is 14.2. The highest BCUT2D eigenvalue weighted by atomic mass is 19.1. The molecule has 1 aromatic heterocycles. The molecule has 7 heteroatoms. The van der Waals surface area contributed by atoms with E-state index in [1.807, 2.05) is 27.7 Å². The number of benzene rings is 1. The van der Waals surface area contributed by atoms with Gasteiger partial charge in [0.2, 0.25) is 0 Å². The lowest BCUT2D eigenvalue weighted by Gasteiger charge is -2.32. The lowest BCUT2D eigenvalue weighted by Crippen LogP contribution is -2.41. The van der Waals surface area contributed by atoms with Gasteiger partial charge in [0.15, 0.2) is 5.82 Å². The molecule has 5 nitrogen and oxygen atoms in total. The number of aromatic nitrogens is 2. The summed E-state index contributed by atoms with van der Waals surface area (Å²) in [5, 5.41) is 4.22. The molecule has 2 aromatic rings. The molecular weight excluding hydrogens is 298 g/mol. The molecule has 0 amide bonds. The van der Waals surface area contributed by atoms with Crippen molar-refractivity contribution in [2.75, 3.05) is 7.11 Å². The average molecular weight is 318 g/mol. The zero-order chi connectivity index (χ0) is 16.8. The Morgan fingerprint density at radius 3 is 2.39 bits per heavy atom. The zero-order valence-electron chi connectivity index (χ0n) is 14.0. The van der Waals surface area contributed by atoms with Gasteiger partial charge >= 0.3 is 7.12 Å². The highest BCUT2D eigenvalue weighted by Crippen LogP contribution is 2.36. The second kappa shape index (κ2) is 5.35. The highest BCUT2D eigenvalue weighted by Gasteiger charge is 2.52. The minimum Gasteiger partial charge on any atom is -0.497 e. The van der Waals surface area contributed by atoms with Crippen molar-refractivity contribution < 1.29 is 18.4 Å². The molecule has 3 rings (SSSR count). The number of rotatable bonds is 3. The van der Waals surface area contributed by atoms with Crippen LogP contribution in [-0.2, 0) is 9.31 Å². The fourth-order valence-electron chi connectivity index (χ4n) is 2.37. The van der Waals surface area contributed by atoms with Gasteiger partial charge in [-0.05, 0) is 39.8 Å². The van der Waals surface area contributed by atoms with E-state index in [0.717, 1.165) is 5.46 Å². The fraction of sp³-hybridized carbons (Fsp3) is 0.438. The first-order chi connectivity index (χ1) is 10.7. The quantitative estimate of drug-likeness (QED) is 0.815. The van der Waals surface area contributed by atoms with E-state index in [4.69, 9.17) is 14.0 Å². The van der Waals surface area contributed by atoms with Crippen molar-refractivity contribution in [1.29, 1.82) is 0 Å². The van der Waals surface area contributed by atoms with Gasteiger partial charge in [-0.1, -0.05) is 0 Å². The summed E-state index contributed by atoms with van der Waals surface area (Å²) >= 11 is 0. The normalized spacial score (nSPS) is 19.1. The van der Waals surface area contributed by atoms with Crippen LogP contribution in [0.2, 0.25) is 0 Å². The summed E-state index contributed by atoms with van der Waals surface area (Å²) in [6, 6.07) is 4.63. The molecule has 0 radical (unpaired) electrons. The third kappa shape index (κ3) is 2.75. The Morgan fingerprint density at radius 1 is 1.17 bits per heavy atom. The lowest BCUT2D eigenvalue weighted by molar-refractivity contribution is 0.00578. The summed E-state index contributed by atoms with van der Waals surface area (Å²) in [6.07, 6.45) is 3.35. The third-order valence-corrected chi connectivity index (χ3v) is 4.53. The number of methoxy groups -OCH3 is 1. The molecule has 0 aliphatic carbocycles. The summed E-state index contributed by atoms with van der Waals surface area (Å²) in [5.74, 6) is 0.0532. The van der Waals surface area contributed by atoms with Crippen molar-refractivity contribution in [3.05, 3.63) is 36.4 Å². The summed E-state index contributed by atoms with van der Waals surface area (Å²) in [7, 11) is 0.980. The molecule has 2 heterocycles. The summed E-state index contributed by atoms with van der Waals surface area (Å²) in [5.41, 5.74) is 0.239. The Morgan fingerprint density at radius 2 is 1.83 bits per heavy atom. The van der Waals surface area contributed by atoms with E-state index in [0.29, 0.717) is 11.4 Å². The predicted octanol–water partition coefficient (Wildman–Crippen LogP) is 2.32. The van der Waals surface area contributed by atoms with E-state index >= 15 is 0 Å². The smallest absolute Gasteiger partial charge is 0.497 e. The van der Waals surface area contributed by atoms with Crippen molar-refractivity contribution in [3.63, 3.8) is 0 Å². The van der Waals surface area contributed by atoms with Crippen molar-refractivity contribution >= 4 is 12.6 Å². The van der Waals surface area contributed by atoms with E-state index < -0.39 is 24.1 Å². The summed E-state index contributed by atoms with van der Waals surface area (Å²) in [4.78, 5) is 0. The third-order valence-electron chi connectivity index (χ3n) is 4.53. The van der Waals surface area contributed by atoms with Crippen molar-refractivity contribution in [2.45, 2.75) is 38.9 Å². The molecule has 1 aliphatic heterocycles. The van der Waals surface area contributed by atoms with Gasteiger partial charge in [0.25, 0.3) is 0 Å². The summed E-state index contributed by atoms with van der Waals surface area (Å²) in [6.45, 7) is 7.95. The largest absolute Gasteiger partial charge is 0.498 e. The van der Waals surface area contributed by atoms with Crippen LogP contribution in [0.1, 0.15) is 27.7 Å². The molecule has 0 saturated carbocycles. The number of ether oxygens (including phenoxy) is 1. The van der Waals surface area contributed by atoms with Gasteiger partial charge < -0.3 is 14.0 Å². The molecule has 0 unspecified atom stereocenters. The van der Waals surface area contributed by atoms with Gasteiger partial charge in [-0.25, -0.2) is 9.07 Å². The second-order valence-corrected chi connectivity index (χ2v) is 6.62. The molecule has 1 saturated heterocycles. The fourth-order valence-corrected chi connectivity index (χ4v) is 2.37. The molecule has 23 heavy (non-hydrogen) atoms. The first-order valence-corrected chi connectivity index (χ1v) is 7.48. The second-order valence-electron chi connectivity index (χ2n) is 6.62. The molecule has 0 bridgehead atoms. The van der Waals surface area contributed by atoms with Gasteiger partial charge in [0.1, 0.15) is 11.4 Å². The number of hydrogen-bond donors (Lipinski definition) is 0. The SMILES string of the molecule is COc1ccc(-n2cc(B3OC(C)(C)C(C)(C)O3)cn2)c(F)c1. The number of hydrogen-bond acceptors (Lipinski definition) is 4. The first-order valence-electron chi connectivity index (χ1n) is 7.48. The zero-order valence-corrected chi connectivity index (χ0v) is 14.0. The van der Waals surface area contributed by atoms with Crippen LogP contribution in [0.15, 0.2) is 30.6 Å². The van der Waals surface area contributed by atoms with Crippen LogP contribution < -0.4 is 10.2 Å². The van der Waals surface area contributed by atoms with E-state index in [-0.39, 0.29) is 0 Å². The van der Waals surface area contributed by atoms with Gasteiger partial charge in [0, 0.05) is 23.9 Å². The lowest BCUT2D eigenvalue weighted by atomic mass is 9.82. The Labute approximate surface area is 135 Å². The minimum absolute atomic E-state index is 0.341. The molecule has 0 spiro atoms. The van der Waals surface area contributed by atoms with Crippen LogP contribution >= 0.6 is 0 Å². The van der Waals surface area contributed by atoms with E-state index in [9.17, 15) is 4.39 Å². The van der Waals surface area contributed by atoms with Crippen molar-refractivity contribution in [2.24, 2.45) is 0 Å². The predicted molar refractivity (Wildman–Crippen MR) is 85.8 cm³/mol. The first kappa shape index (κ1) is 16.0. The van der Waals surface area contributed by atoms with Gasteiger partial charge in [-0.15, -0.1) is 0 Å². The monoisotopic (exact) mass is 318 g/mol. The number of halogens is 1. The van der Waals surface area contributed by atoms with Crippen LogP contribution in [0, 0.1) is 5.82 Å². The standard InChI is InChI=1S/C16H20BFN2O3/c1-15(2)16(3,4)23-17(22-15)11-9-19-20(10-11)14-7-6-12(21-5)8-13(14)18/h6-10H,1-5H3. The molecule has 122 valence electrons. The Kier molecular flexibility index (Phi) is 3.73. The summed E-state index contributed by atoms with van der Waals surface area (Å²) < 4.78 is 32.6. The molecule has 1 fully saturated rings. The molecule has 1 aliphatic rings. The van der Waals surface area contributed by atoms with E-state index in [2.05, 4.69) is 5.10 Å². The Hall–Kier alpha value is -1.86. The highest BCUT2D eigenvalue weighted by molar-refractivity contribution is 6.62. The molecule has 0 N–H and O–H groups in total. The van der Waals surface area contributed by atoms with Gasteiger partial charge in [-0.2, -0.15) is 5.10 Å². The topological polar surface area (TPSA) is 45.5 Å². The maximum absolute atomic E-state index is 14.2. The Balaban J connectivity index is 1.87. The van der Waals surface area contributed by atoms with Crippen molar-refractivity contribution in [1.82, 2.24) is 9.78 Å². The van der Waals surface area contributed by atoms with E-state index in [1.54, 1.807) is 24.5 Å². The van der Waals surface area contributed by atoms with Crippen LogP contribution in [0.3, 0.4) is 0 Å². The Bertz CT molecular complexity index is 714. The molecule has 1 aromatic carbocycles. The minimum atomic E-state index is -0.518. The maximum Gasteiger partial charge on any atom is 0.498 e.